The third-order valence-corrected chi connectivity index (χ3v) is 9.36. The van der Waals surface area contributed by atoms with Gasteiger partial charge in [0.25, 0.3) is 5.91 Å². The molecular formula is C31H29N3OS2. The number of para-hydroxylation sites is 1. The molecule has 37 heavy (non-hydrogen) atoms. The molecule has 0 radical (unpaired) electrons. The number of rotatable bonds is 4. The maximum absolute atomic E-state index is 13.5. The maximum atomic E-state index is 13.5. The zero-order valence-corrected chi connectivity index (χ0v) is 23.0. The lowest BCUT2D eigenvalue weighted by Gasteiger charge is -2.42. The molecule has 0 saturated heterocycles. The van der Waals surface area contributed by atoms with E-state index in [9.17, 15) is 4.79 Å². The molecule has 6 heteroatoms. The van der Waals surface area contributed by atoms with Crippen LogP contribution in [0.2, 0.25) is 0 Å². The number of amides is 1. The standard InChI is InChI=1S/C31H29N3OS2/c1-30(2)18-22-25(28-32-23-12-8-9-13-24(23)36-28)29(37-26(22)31(3,4)34-30)33-27(35)21-16-14-20(15-17-21)19-10-6-5-7-11-19/h5-17,34H,18H2,1-4H3,(H,33,35). The Morgan fingerprint density at radius 2 is 1.54 bits per heavy atom. The van der Waals surface area contributed by atoms with Gasteiger partial charge >= 0.3 is 0 Å². The van der Waals surface area contributed by atoms with Gasteiger partial charge in [-0.15, -0.1) is 22.7 Å². The zero-order valence-electron chi connectivity index (χ0n) is 21.4. The molecule has 3 heterocycles. The van der Waals surface area contributed by atoms with Crippen LogP contribution >= 0.6 is 22.7 Å². The number of nitrogens with zero attached hydrogens (tertiary/aromatic N) is 1. The summed E-state index contributed by atoms with van der Waals surface area (Å²) >= 11 is 3.36. The molecule has 0 bridgehead atoms. The van der Waals surface area contributed by atoms with E-state index in [0.29, 0.717) is 5.56 Å². The summed E-state index contributed by atoms with van der Waals surface area (Å²) in [6, 6.07) is 26.2. The Morgan fingerprint density at radius 3 is 2.27 bits per heavy atom. The SMILES string of the molecule is CC1(C)Cc2c(sc(NC(=O)c3ccc(-c4ccccc4)cc3)c2-c2nc3ccccc3s2)C(C)(C)N1. The van der Waals surface area contributed by atoms with E-state index in [1.165, 1.54) is 10.4 Å². The van der Waals surface area contributed by atoms with Gasteiger partial charge in [0, 0.05) is 27.1 Å². The normalized spacial score (nSPS) is 15.9. The first-order valence-electron chi connectivity index (χ1n) is 12.5. The van der Waals surface area contributed by atoms with E-state index in [-0.39, 0.29) is 17.0 Å². The van der Waals surface area contributed by atoms with Gasteiger partial charge < -0.3 is 10.6 Å². The van der Waals surface area contributed by atoms with Crippen molar-refractivity contribution in [2.24, 2.45) is 0 Å². The fourth-order valence-corrected chi connectivity index (χ4v) is 7.82. The summed E-state index contributed by atoms with van der Waals surface area (Å²) in [5.74, 6) is -0.106. The minimum absolute atomic E-state index is 0.0719. The Hall–Kier alpha value is -3.32. The number of thiazole rings is 1. The third-order valence-electron chi connectivity index (χ3n) is 6.83. The van der Waals surface area contributed by atoms with Crippen molar-refractivity contribution in [2.75, 3.05) is 5.32 Å². The molecule has 6 rings (SSSR count). The summed E-state index contributed by atoms with van der Waals surface area (Å²) in [6.07, 6.45) is 0.870. The van der Waals surface area contributed by atoms with Crippen LogP contribution in [0.1, 0.15) is 48.5 Å². The average Bonchev–Trinajstić information content (AvgIpc) is 3.45. The summed E-state index contributed by atoms with van der Waals surface area (Å²) in [5, 5.41) is 8.89. The topological polar surface area (TPSA) is 54.0 Å². The van der Waals surface area contributed by atoms with E-state index < -0.39 is 0 Å². The molecule has 1 aliphatic rings. The van der Waals surface area contributed by atoms with Crippen molar-refractivity contribution in [3.05, 3.63) is 94.9 Å². The number of benzene rings is 3. The van der Waals surface area contributed by atoms with Gasteiger partial charge in [-0.2, -0.15) is 0 Å². The number of anilines is 1. The van der Waals surface area contributed by atoms with Gasteiger partial charge in [-0.3, -0.25) is 4.79 Å². The summed E-state index contributed by atoms with van der Waals surface area (Å²) in [4.78, 5) is 19.7. The highest BCUT2D eigenvalue weighted by Crippen LogP contribution is 2.50. The maximum Gasteiger partial charge on any atom is 0.256 e. The lowest BCUT2D eigenvalue weighted by atomic mass is 9.81. The van der Waals surface area contributed by atoms with Gasteiger partial charge in [-0.25, -0.2) is 4.98 Å². The highest BCUT2D eigenvalue weighted by molar-refractivity contribution is 7.23. The molecule has 0 unspecified atom stereocenters. The monoisotopic (exact) mass is 523 g/mol. The predicted molar refractivity (Wildman–Crippen MR) is 157 cm³/mol. The van der Waals surface area contributed by atoms with Crippen LogP contribution in [-0.4, -0.2) is 16.4 Å². The zero-order chi connectivity index (χ0) is 25.8. The molecule has 2 aromatic heterocycles. The second kappa shape index (κ2) is 8.91. The van der Waals surface area contributed by atoms with Crippen LogP contribution in [0, 0.1) is 0 Å². The molecule has 2 N–H and O–H groups in total. The number of hydrogen-bond acceptors (Lipinski definition) is 5. The summed E-state index contributed by atoms with van der Waals surface area (Å²) in [6.45, 7) is 8.92. The molecule has 0 spiro atoms. The highest BCUT2D eigenvalue weighted by atomic mass is 32.1. The van der Waals surface area contributed by atoms with E-state index in [2.05, 4.69) is 62.6 Å². The number of nitrogens with one attached hydrogen (secondary N) is 2. The second-order valence-electron chi connectivity index (χ2n) is 10.8. The van der Waals surface area contributed by atoms with E-state index in [4.69, 9.17) is 4.98 Å². The van der Waals surface area contributed by atoms with Crippen LogP contribution in [0.4, 0.5) is 5.00 Å². The Balaban J connectivity index is 1.41. The summed E-state index contributed by atoms with van der Waals surface area (Å²) in [5.41, 5.74) is 5.92. The van der Waals surface area contributed by atoms with E-state index in [1.54, 1.807) is 22.7 Å². The van der Waals surface area contributed by atoms with Crippen molar-refractivity contribution in [2.45, 2.75) is 45.2 Å². The van der Waals surface area contributed by atoms with Gasteiger partial charge in [0.1, 0.15) is 10.0 Å². The first kappa shape index (κ1) is 24.0. The summed E-state index contributed by atoms with van der Waals surface area (Å²) < 4.78 is 1.15. The summed E-state index contributed by atoms with van der Waals surface area (Å²) in [7, 11) is 0. The second-order valence-corrected chi connectivity index (χ2v) is 12.9. The predicted octanol–water partition coefficient (Wildman–Crippen LogP) is 8.10. The van der Waals surface area contributed by atoms with Crippen LogP contribution in [0.5, 0.6) is 0 Å². The van der Waals surface area contributed by atoms with Crippen LogP contribution in [0.3, 0.4) is 0 Å². The molecule has 1 amide bonds. The van der Waals surface area contributed by atoms with Gasteiger partial charge in [0.2, 0.25) is 0 Å². The fraction of sp³-hybridized carbons (Fsp3) is 0.226. The molecule has 0 saturated carbocycles. The van der Waals surface area contributed by atoms with Crippen molar-refractivity contribution in [3.63, 3.8) is 0 Å². The Bertz CT molecular complexity index is 1580. The molecule has 0 aliphatic carbocycles. The molecule has 186 valence electrons. The smallest absolute Gasteiger partial charge is 0.256 e. The third kappa shape index (κ3) is 4.50. The lowest BCUT2D eigenvalue weighted by molar-refractivity contribution is 0.102. The van der Waals surface area contributed by atoms with E-state index in [0.717, 1.165) is 43.3 Å². The minimum Gasteiger partial charge on any atom is -0.313 e. The van der Waals surface area contributed by atoms with Crippen molar-refractivity contribution in [3.8, 4) is 21.7 Å². The number of carbonyl (C=O) groups is 1. The van der Waals surface area contributed by atoms with Crippen molar-refractivity contribution in [1.29, 1.82) is 0 Å². The van der Waals surface area contributed by atoms with Gasteiger partial charge in [-0.05, 0) is 75.1 Å². The van der Waals surface area contributed by atoms with Crippen LogP contribution < -0.4 is 10.6 Å². The molecule has 4 nitrogen and oxygen atoms in total. The van der Waals surface area contributed by atoms with Crippen molar-refractivity contribution in [1.82, 2.24) is 10.3 Å². The lowest BCUT2D eigenvalue weighted by Crippen LogP contribution is -2.54. The fourth-order valence-electron chi connectivity index (χ4n) is 5.44. The number of fused-ring (bicyclic) bond motifs is 2. The van der Waals surface area contributed by atoms with E-state index in [1.807, 2.05) is 54.6 Å². The van der Waals surface area contributed by atoms with Crippen LogP contribution in [-0.2, 0) is 12.0 Å². The van der Waals surface area contributed by atoms with Crippen LogP contribution in [0.25, 0.3) is 31.9 Å². The average molecular weight is 524 g/mol. The molecular weight excluding hydrogens is 494 g/mol. The highest BCUT2D eigenvalue weighted by Gasteiger charge is 2.41. The molecule has 0 fully saturated rings. The molecule has 0 atom stereocenters. The van der Waals surface area contributed by atoms with Crippen molar-refractivity contribution >= 4 is 43.8 Å². The number of thiophene rings is 1. The first-order valence-corrected chi connectivity index (χ1v) is 14.1. The van der Waals surface area contributed by atoms with Gasteiger partial charge in [-0.1, -0.05) is 54.6 Å². The minimum atomic E-state index is -0.215. The molecule has 3 aromatic carbocycles. The number of carbonyl (C=O) groups excluding carboxylic acids is 1. The van der Waals surface area contributed by atoms with Gasteiger partial charge in [0.05, 0.1) is 10.2 Å². The molecule has 5 aromatic rings. The van der Waals surface area contributed by atoms with Crippen molar-refractivity contribution < 1.29 is 4.79 Å². The van der Waals surface area contributed by atoms with Crippen LogP contribution in [0.15, 0.2) is 78.9 Å². The van der Waals surface area contributed by atoms with E-state index >= 15 is 0 Å². The Morgan fingerprint density at radius 1 is 0.865 bits per heavy atom. The Labute approximate surface area is 225 Å². The number of aromatic nitrogens is 1. The van der Waals surface area contributed by atoms with Gasteiger partial charge in [0.15, 0.2) is 0 Å². The Kier molecular flexibility index (Phi) is 5.79. The molecule has 1 aliphatic heterocycles. The quantitative estimate of drug-likeness (QED) is 0.250. The largest absolute Gasteiger partial charge is 0.313 e. The number of hydrogen-bond donors (Lipinski definition) is 2. The first-order chi connectivity index (χ1) is 17.7.